The molecule has 4 aromatic rings. The lowest BCUT2D eigenvalue weighted by Gasteiger charge is -2.10. The number of anilines is 3. The second-order valence-corrected chi connectivity index (χ2v) is 9.87. The van der Waals surface area contributed by atoms with E-state index < -0.39 is 10.0 Å². The Bertz CT molecular complexity index is 1400. The molecule has 0 aliphatic heterocycles. The Balaban J connectivity index is 1.44. The number of carbonyl (C=O) groups excluding carboxylic acids is 1. The van der Waals surface area contributed by atoms with Gasteiger partial charge in [0.1, 0.15) is 5.75 Å². The van der Waals surface area contributed by atoms with Gasteiger partial charge in [-0.25, -0.2) is 13.4 Å². The van der Waals surface area contributed by atoms with Crippen LogP contribution in [-0.4, -0.2) is 26.3 Å². The maximum Gasteiger partial charge on any atom is 0.262 e. The van der Waals surface area contributed by atoms with Gasteiger partial charge in [0, 0.05) is 23.0 Å². The minimum atomic E-state index is -3.75. The highest BCUT2D eigenvalue weighted by molar-refractivity contribution is 7.92. The number of benzene rings is 3. The first kappa shape index (κ1) is 22.5. The molecular weight excluding hydrogens is 458 g/mol. The van der Waals surface area contributed by atoms with E-state index in [4.69, 9.17) is 4.74 Å². The molecule has 0 saturated carbocycles. The number of sulfonamides is 1. The minimum Gasteiger partial charge on any atom is -0.497 e. The van der Waals surface area contributed by atoms with Crippen molar-refractivity contribution in [3.63, 3.8) is 0 Å². The lowest BCUT2D eigenvalue weighted by atomic mass is 10.0. The quantitative estimate of drug-likeness (QED) is 0.336. The number of nitrogens with zero attached hydrogens (tertiary/aromatic N) is 1. The summed E-state index contributed by atoms with van der Waals surface area (Å²) in [5.74, 6) is 0.391. The fourth-order valence-electron chi connectivity index (χ4n) is 3.12. The predicted octanol–water partition coefficient (Wildman–Crippen LogP) is 5.24. The molecular formula is C24H21N3O4S2. The molecule has 0 atom stereocenters. The molecule has 0 bridgehead atoms. The monoisotopic (exact) mass is 479 g/mol. The van der Waals surface area contributed by atoms with Gasteiger partial charge in [-0.3, -0.25) is 9.52 Å². The summed E-state index contributed by atoms with van der Waals surface area (Å²) >= 11 is 1.26. The van der Waals surface area contributed by atoms with E-state index in [-0.39, 0.29) is 10.7 Å². The Morgan fingerprint density at radius 2 is 1.70 bits per heavy atom. The lowest BCUT2D eigenvalue weighted by molar-refractivity contribution is 0.104. The molecule has 2 N–H and O–H groups in total. The maximum atomic E-state index is 12.7. The number of hydrogen-bond acceptors (Lipinski definition) is 7. The van der Waals surface area contributed by atoms with Gasteiger partial charge < -0.3 is 10.1 Å². The molecule has 0 spiro atoms. The van der Waals surface area contributed by atoms with Crippen molar-refractivity contribution >= 4 is 43.6 Å². The number of rotatable bonds is 8. The van der Waals surface area contributed by atoms with Crippen LogP contribution in [0.2, 0.25) is 0 Å². The number of hydrogen-bond donors (Lipinski definition) is 2. The highest BCUT2D eigenvalue weighted by Gasteiger charge is 2.16. The highest BCUT2D eigenvalue weighted by atomic mass is 32.2. The second-order valence-electron chi connectivity index (χ2n) is 7.16. The Kier molecular flexibility index (Phi) is 6.43. The Morgan fingerprint density at radius 1 is 0.970 bits per heavy atom. The number of thiazole rings is 1. The van der Waals surface area contributed by atoms with Gasteiger partial charge in [0.25, 0.3) is 10.0 Å². The standard InChI is InChI=1S/C24H21N3O4S2/c1-16-6-3-4-9-21(16)23(28)22-15-25-24(32-22)26-17-10-12-18(13-11-17)27-33(29,30)20-8-5-7-19(14-20)31-2/h3-15,27H,1-2H3,(H,25,26). The van der Waals surface area contributed by atoms with Crippen molar-refractivity contribution in [2.75, 3.05) is 17.1 Å². The Labute approximate surface area is 196 Å². The summed E-state index contributed by atoms with van der Waals surface area (Å²) in [7, 11) is -2.27. The summed E-state index contributed by atoms with van der Waals surface area (Å²) in [6.07, 6.45) is 1.55. The molecule has 0 unspecified atom stereocenters. The number of methoxy groups -OCH3 is 1. The zero-order valence-corrected chi connectivity index (χ0v) is 19.5. The number of aromatic nitrogens is 1. The number of carbonyl (C=O) groups is 1. The first-order valence-corrected chi connectivity index (χ1v) is 12.3. The zero-order valence-electron chi connectivity index (χ0n) is 17.9. The van der Waals surface area contributed by atoms with E-state index >= 15 is 0 Å². The van der Waals surface area contributed by atoms with Gasteiger partial charge in [0.05, 0.1) is 23.1 Å². The SMILES string of the molecule is COc1cccc(S(=O)(=O)Nc2ccc(Nc3ncc(C(=O)c4ccccc4C)s3)cc2)c1. The van der Waals surface area contributed by atoms with E-state index in [1.165, 1.54) is 30.6 Å². The van der Waals surface area contributed by atoms with E-state index in [1.807, 2.05) is 25.1 Å². The predicted molar refractivity (Wildman–Crippen MR) is 130 cm³/mol. The summed E-state index contributed by atoms with van der Waals surface area (Å²) in [5, 5.41) is 3.71. The summed E-state index contributed by atoms with van der Waals surface area (Å²) < 4.78 is 32.9. The normalized spacial score (nSPS) is 11.1. The smallest absolute Gasteiger partial charge is 0.262 e. The summed E-state index contributed by atoms with van der Waals surface area (Å²) in [5.41, 5.74) is 2.69. The van der Waals surface area contributed by atoms with Crippen LogP contribution in [0.5, 0.6) is 5.75 Å². The molecule has 0 fully saturated rings. The third-order valence-electron chi connectivity index (χ3n) is 4.86. The minimum absolute atomic E-state index is 0.0686. The molecule has 0 aliphatic rings. The summed E-state index contributed by atoms with van der Waals surface area (Å²) in [6, 6.07) is 20.4. The first-order valence-electron chi connectivity index (χ1n) is 9.96. The molecule has 0 radical (unpaired) electrons. The number of nitrogens with one attached hydrogen (secondary N) is 2. The average Bonchev–Trinajstić information content (AvgIpc) is 3.28. The fraction of sp³-hybridized carbons (Fsp3) is 0.0833. The molecule has 168 valence electrons. The number of ether oxygens (including phenoxy) is 1. The van der Waals surface area contributed by atoms with Crippen molar-refractivity contribution in [1.29, 1.82) is 0 Å². The van der Waals surface area contributed by atoms with Crippen LogP contribution >= 0.6 is 11.3 Å². The third-order valence-corrected chi connectivity index (χ3v) is 7.15. The van der Waals surface area contributed by atoms with Crippen LogP contribution in [0.3, 0.4) is 0 Å². The molecule has 0 aliphatic carbocycles. The molecule has 1 heterocycles. The van der Waals surface area contributed by atoms with Crippen molar-refractivity contribution in [2.45, 2.75) is 11.8 Å². The van der Waals surface area contributed by atoms with Crippen LogP contribution in [0.25, 0.3) is 0 Å². The van der Waals surface area contributed by atoms with Gasteiger partial charge in [-0.2, -0.15) is 0 Å². The van der Waals surface area contributed by atoms with Gasteiger partial charge in [-0.15, -0.1) is 0 Å². The Hall–Kier alpha value is -3.69. The third kappa shape index (κ3) is 5.21. The molecule has 3 aromatic carbocycles. The van der Waals surface area contributed by atoms with Crippen molar-refractivity contribution in [1.82, 2.24) is 4.98 Å². The number of ketones is 1. The van der Waals surface area contributed by atoms with Crippen LogP contribution in [0.1, 0.15) is 20.8 Å². The molecule has 0 saturated heterocycles. The molecule has 7 nitrogen and oxygen atoms in total. The second kappa shape index (κ2) is 9.43. The van der Waals surface area contributed by atoms with E-state index in [9.17, 15) is 13.2 Å². The van der Waals surface area contributed by atoms with Crippen LogP contribution in [0, 0.1) is 6.92 Å². The van der Waals surface area contributed by atoms with Gasteiger partial charge >= 0.3 is 0 Å². The fourth-order valence-corrected chi connectivity index (χ4v) is 5.01. The van der Waals surface area contributed by atoms with E-state index in [2.05, 4.69) is 15.0 Å². The van der Waals surface area contributed by atoms with E-state index in [1.54, 1.807) is 48.7 Å². The van der Waals surface area contributed by atoms with Crippen molar-refractivity contribution in [3.8, 4) is 5.75 Å². The highest BCUT2D eigenvalue weighted by Crippen LogP contribution is 2.27. The van der Waals surface area contributed by atoms with Crippen LogP contribution in [-0.2, 0) is 10.0 Å². The van der Waals surface area contributed by atoms with Crippen LogP contribution < -0.4 is 14.8 Å². The van der Waals surface area contributed by atoms with Crippen LogP contribution in [0.4, 0.5) is 16.5 Å². The summed E-state index contributed by atoms with van der Waals surface area (Å²) in [6.45, 7) is 1.90. The number of aryl methyl sites for hydroxylation is 1. The molecule has 0 amide bonds. The average molecular weight is 480 g/mol. The first-order chi connectivity index (χ1) is 15.9. The van der Waals surface area contributed by atoms with E-state index in [0.717, 1.165) is 5.56 Å². The van der Waals surface area contributed by atoms with Crippen molar-refractivity contribution < 1.29 is 17.9 Å². The van der Waals surface area contributed by atoms with Gasteiger partial charge in [-0.05, 0) is 48.9 Å². The lowest BCUT2D eigenvalue weighted by Crippen LogP contribution is -2.12. The molecule has 9 heteroatoms. The van der Waals surface area contributed by atoms with Gasteiger partial charge in [0.2, 0.25) is 5.78 Å². The van der Waals surface area contributed by atoms with Crippen LogP contribution in [0.15, 0.2) is 83.9 Å². The van der Waals surface area contributed by atoms with Crippen molar-refractivity contribution in [3.05, 3.63) is 95.0 Å². The van der Waals surface area contributed by atoms with Crippen molar-refractivity contribution in [2.24, 2.45) is 0 Å². The molecule has 33 heavy (non-hydrogen) atoms. The Morgan fingerprint density at radius 3 is 2.42 bits per heavy atom. The molecule has 4 rings (SSSR count). The maximum absolute atomic E-state index is 12.7. The zero-order chi connectivity index (χ0) is 23.4. The topological polar surface area (TPSA) is 97.4 Å². The molecule has 1 aromatic heterocycles. The van der Waals surface area contributed by atoms with Gasteiger partial charge in [-0.1, -0.05) is 41.7 Å². The summed E-state index contributed by atoms with van der Waals surface area (Å²) in [4.78, 5) is 17.7. The van der Waals surface area contributed by atoms with Gasteiger partial charge in [0.15, 0.2) is 5.13 Å². The largest absolute Gasteiger partial charge is 0.497 e. The van der Waals surface area contributed by atoms with E-state index in [0.29, 0.717) is 32.7 Å².